The van der Waals surface area contributed by atoms with Crippen molar-refractivity contribution in [1.82, 2.24) is 25.3 Å². The molecule has 0 aliphatic carbocycles. The molecule has 1 aromatic heterocycles. The Labute approximate surface area is 150 Å². The lowest BCUT2D eigenvalue weighted by Crippen LogP contribution is -2.37. The summed E-state index contributed by atoms with van der Waals surface area (Å²) in [5.74, 6) is 0.338. The molecule has 2 aromatic rings. The molecule has 0 spiro atoms. The summed E-state index contributed by atoms with van der Waals surface area (Å²) in [6.07, 6.45) is -0.0639. The predicted octanol–water partition coefficient (Wildman–Crippen LogP) is 0.944. The van der Waals surface area contributed by atoms with Crippen molar-refractivity contribution < 1.29 is 18.9 Å². The Morgan fingerprint density at radius 1 is 1.23 bits per heavy atom. The van der Waals surface area contributed by atoms with E-state index in [0.717, 1.165) is 16.0 Å². The van der Waals surface area contributed by atoms with E-state index in [4.69, 9.17) is 4.52 Å². The van der Waals surface area contributed by atoms with E-state index in [9.17, 15) is 14.4 Å². The van der Waals surface area contributed by atoms with Crippen molar-refractivity contribution in [2.45, 2.75) is 25.9 Å². The highest BCUT2D eigenvalue weighted by atomic mass is 16.5. The van der Waals surface area contributed by atoms with Crippen molar-refractivity contribution >= 4 is 17.8 Å². The lowest BCUT2D eigenvalue weighted by Gasteiger charge is -2.15. The third kappa shape index (κ3) is 3.41. The number of nitrogens with one attached hydrogen (secondary N) is 1. The average molecular weight is 357 g/mol. The molecule has 1 aliphatic rings. The van der Waals surface area contributed by atoms with E-state index in [2.05, 4.69) is 15.5 Å². The van der Waals surface area contributed by atoms with Crippen molar-refractivity contribution in [3.63, 3.8) is 0 Å². The Balaban J connectivity index is 1.55. The molecule has 1 fully saturated rings. The van der Waals surface area contributed by atoms with Crippen LogP contribution < -0.4 is 5.32 Å². The zero-order valence-corrected chi connectivity index (χ0v) is 14.7. The van der Waals surface area contributed by atoms with Crippen LogP contribution in [0.15, 0.2) is 28.8 Å². The monoisotopic (exact) mass is 357 g/mol. The first-order valence-corrected chi connectivity index (χ1v) is 8.07. The van der Waals surface area contributed by atoms with E-state index in [1.807, 2.05) is 24.3 Å². The highest BCUT2D eigenvalue weighted by molar-refractivity contribution is 6.05. The Morgan fingerprint density at radius 3 is 2.46 bits per heavy atom. The van der Waals surface area contributed by atoms with Gasteiger partial charge < -0.3 is 14.7 Å². The van der Waals surface area contributed by atoms with E-state index < -0.39 is 12.1 Å². The molecule has 0 radical (unpaired) electrons. The van der Waals surface area contributed by atoms with Gasteiger partial charge in [-0.3, -0.25) is 14.5 Å². The van der Waals surface area contributed by atoms with Crippen molar-refractivity contribution in [2.75, 3.05) is 14.1 Å². The molecule has 9 nitrogen and oxygen atoms in total. The van der Waals surface area contributed by atoms with E-state index in [-0.39, 0.29) is 18.2 Å². The van der Waals surface area contributed by atoms with Gasteiger partial charge >= 0.3 is 6.03 Å². The summed E-state index contributed by atoms with van der Waals surface area (Å²) < 4.78 is 4.95. The number of benzene rings is 1. The summed E-state index contributed by atoms with van der Waals surface area (Å²) in [5, 5.41) is 6.61. The van der Waals surface area contributed by atoms with Crippen molar-refractivity contribution in [3.05, 3.63) is 35.7 Å². The summed E-state index contributed by atoms with van der Waals surface area (Å²) >= 11 is 0. The first kappa shape index (κ1) is 17.6. The fourth-order valence-electron chi connectivity index (χ4n) is 2.71. The van der Waals surface area contributed by atoms with Gasteiger partial charge in [-0.1, -0.05) is 29.4 Å². The molecule has 0 saturated carbocycles. The van der Waals surface area contributed by atoms with Crippen LogP contribution in [0.1, 0.15) is 17.9 Å². The Bertz CT molecular complexity index is 845. The molecule has 1 aliphatic heterocycles. The highest BCUT2D eigenvalue weighted by Gasteiger charge is 2.41. The number of likely N-dealkylation sites (N-methyl/N-ethyl adjacent to an activating group) is 2. The van der Waals surface area contributed by atoms with Crippen LogP contribution in [0.3, 0.4) is 0 Å². The standard InChI is InChI=1S/C17H19N5O4/c1-10-19-15(20-26-10)12-6-4-11(5-7-12)9-18-14(23)8-13-16(24)22(3)17(25)21(13)2/h4-7,13H,8-9H2,1-3H3,(H,18,23). The summed E-state index contributed by atoms with van der Waals surface area (Å²) in [6, 6.07) is 6.23. The smallest absolute Gasteiger partial charge is 0.326 e. The van der Waals surface area contributed by atoms with Crippen LogP contribution in [0.5, 0.6) is 0 Å². The number of amides is 4. The fourth-order valence-corrected chi connectivity index (χ4v) is 2.71. The lowest BCUT2D eigenvalue weighted by molar-refractivity contribution is -0.131. The molecule has 3 rings (SSSR count). The first-order valence-electron chi connectivity index (χ1n) is 8.07. The number of aryl methyl sites for hydroxylation is 1. The number of rotatable bonds is 5. The molecule has 136 valence electrons. The molecule has 1 atom stereocenters. The molecule has 4 amide bonds. The molecule has 0 bridgehead atoms. The van der Waals surface area contributed by atoms with Crippen LogP contribution >= 0.6 is 0 Å². The number of carbonyl (C=O) groups is 3. The summed E-state index contributed by atoms with van der Waals surface area (Å²) in [6.45, 7) is 2.04. The minimum absolute atomic E-state index is 0.0639. The molecule has 1 N–H and O–H groups in total. The SMILES string of the molecule is Cc1nc(-c2ccc(CNC(=O)CC3C(=O)N(C)C(=O)N3C)cc2)no1. The molecule has 1 saturated heterocycles. The molecule has 1 unspecified atom stereocenters. The van der Waals surface area contributed by atoms with Crippen LogP contribution in [0, 0.1) is 6.92 Å². The molecule has 26 heavy (non-hydrogen) atoms. The Kier molecular flexibility index (Phi) is 4.70. The number of urea groups is 1. The molecule has 2 heterocycles. The van der Waals surface area contributed by atoms with Gasteiger partial charge in [0, 0.05) is 33.1 Å². The molecular weight excluding hydrogens is 338 g/mol. The summed E-state index contributed by atoms with van der Waals surface area (Å²) in [5.41, 5.74) is 1.71. The number of aromatic nitrogens is 2. The van der Waals surface area contributed by atoms with Crippen LogP contribution in [0.25, 0.3) is 11.4 Å². The maximum atomic E-state index is 12.1. The highest BCUT2D eigenvalue weighted by Crippen LogP contribution is 2.18. The minimum atomic E-state index is -0.753. The van der Waals surface area contributed by atoms with Gasteiger partial charge in [0.25, 0.3) is 5.91 Å². The zero-order valence-electron chi connectivity index (χ0n) is 14.7. The fraction of sp³-hybridized carbons (Fsp3) is 0.353. The van der Waals surface area contributed by atoms with Crippen molar-refractivity contribution in [3.8, 4) is 11.4 Å². The van der Waals surface area contributed by atoms with Gasteiger partial charge in [0.2, 0.25) is 17.6 Å². The van der Waals surface area contributed by atoms with Gasteiger partial charge in [0.15, 0.2) is 0 Å². The van der Waals surface area contributed by atoms with Gasteiger partial charge in [0.1, 0.15) is 6.04 Å². The summed E-state index contributed by atoms with van der Waals surface area (Å²) in [4.78, 5) is 42.3. The Hall–Kier alpha value is -3.23. The Morgan fingerprint density at radius 2 is 1.92 bits per heavy atom. The summed E-state index contributed by atoms with van der Waals surface area (Å²) in [7, 11) is 2.92. The molecular formula is C17H19N5O4. The number of hydrogen-bond donors (Lipinski definition) is 1. The van der Waals surface area contributed by atoms with E-state index >= 15 is 0 Å². The van der Waals surface area contributed by atoms with Gasteiger partial charge in [-0.05, 0) is 5.56 Å². The second kappa shape index (κ2) is 6.95. The largest absolute Gasteiger partial charge is 0.352 e. The number of hydrogen-bond acceptors (Lipinski definition) is 6. The van der Waals surface area contributed by atoms with Crippen LogP contribution in [0.4, 0.5) is 4.79 Å². The first-order chi connectivity index (χ1) is 12.4. The third-order valence-corrected chi connectivity index (χ3v) is 4.28. The second-order valence-corrected chi connectivity index (χ2v) is 6.12. The molecule has 1 aromatic carbocycles. The number of imide groups is 1. The maximum Gasteiger partial charge on any atom is 0.326 e. The van der Waals surface area contributed by atoms with Crippen LogP contribution in [-0.4, -0.2) is 57.9 Å². The number of carbonyl (C=O) groups excluding carboxylic acids is 3. The third-order valence-electron chi connectivity index (χ3n) is 4.28. The van der Waals surface area contributed by atoms with E-state index in [1.54, 1.807) is 6.92 Å². The van der Waals surface area contributed by atoms with Crippen molar-refractivity contribution in [1.29, 1.82) is 0 Å². The van der Waals surface area contributed by atoms with Gasteiger partial charge in [-0.2, -0.15) is 4.98 Å². The number of nitrogens with zero attached hydrogens (tertiary/aromatic N) is 4. The van der Waals surface area contributed by atoms with Crippen molar-refractivity contribution in [2.24, 2.45) is 0 Å². The lowest BCUT2D eigenvalue weighted by atomic mass is 10.1. The zero-order chi connectivity index (χ0) is 18.8. The normalized spacial score (nSPS) is 17.1. The average Bonchev–Trinajstić information content (AvgIpc) is 3.14. The quantitative estimate of drug-likeness (QED) is 0.798. The van der Waals surface area contributed by atoms with E-state index in [0.29, 0.717) is 18.3 Å². The van der Waals surface area contributed by atoms with Gasteiger partial charge in [-0.15, -0.1) is 0 Å². The van der Waals surface area contributed by atoms with Gasteiger partial charge in [0.05, 0.1) is 6.42 Å². The molecule has 9 heteroatoms. The van der Waals surface area contributed by atoms with Gasteiger partial charge in [-0.25, -0.2) is 4.79 Å². The van der Waals surface area contributed by atoms with E-state index in [1.165, 1.54) is 19.0 Å². The minimum Gasteiger partial charge on any atom is -0.352 e. The second-order valence-electron chi connectivity index (χ2n) is 6.12. The van der Waals surface area contributed by atoms with Crippen LogP contribution in [-0.2, 0) is 16.1 Å². The topological polar surface area (TPSA) is 109 Å². The predicted molar refractivity (Wildman–Crippen MR) is 90.7 cm³/mol. The maximum absolute atomic E-state index is 12.1. The van der Waals surface area contributed by atoms with Crippen LogP contribution in [0.2, 0.25) is 0 Å².